The highest BCUT2D eigenvalue weighted by molar-refractivity contribution is 7.99. The van der Waals surface area contributed by atoms with E-state index in [-0.39, 0.29) is 11.4 Å². The average molecular weight is 373 g/mol. The first-order valence-electron chi connectivity index (χ1n) is 8.04. The summed E-state index contributed by atoms with van der Waals surface area (Å²) in [6, 6.07) is 9.52. The summed E-state index contributed by atoms with van der Waals surface area (Å²) in [5.74, 6) is 1.25. The first-order valence-corrected chi connectivity index (χ1v) is 9.33. The zero-order valence-corrected chi connectivity index (χ0v) is 15.7. The molecule has 1 atom stereocenters. The molecule has 0 spiro atoms. The maximum atomic E-state index is 12.2. The highest BCUT2D eigenvalue weighted by Gasteiger charge is 2.12. The van der Waals surface area contributed by atoms with Crippen LogP contribution in [0.3, 0.4) is 0 Å². The predicted octanol–water partition coefficient (Wildman–Crippen LogP) is 2.01. The number of carbonyl (C=O) groups excluding carboxylic acids is 1. The van der Waals surface area contributed by atoms with Crippen molar-refractivity contribution in [1.29, 1.82) is 0 Å². The number of hydrogen-bond donors (Lipinski definition) is 3. The number of anilines is 1. The van der Waals surface area contributed by atoms with Gasteiger partial charge in [-0.25, -0.2) is 9.97 Å². The minimum atomic E-state index is -0.234. The molecule has 0 radical (unpaired) electrons. The van der Waals surface area contributed by atoms with E-state index < -0.39 is 0 Å². The van der Waals surface area contributed by atoms with Crippen LogP contribution in [-0.4, -0.2) is 41.3 Å². The van der Waals surface area contributed by atoms with E-state index in [1.807, 2.05) is 30.5 Å². The van der Waals surface area contributed by atoms with E-state index in [1.54, 1.807) is 19.4 Å². The van der Waals surface area contributed by atoms with Crippen LogP contribution in [-0.2, 0) is 11.2 Å². The standard InChI is InChI=1S/C18H23N5O2S/c1-13(22-18(26-3)23-16-9-10-19-12-21-16)17(24)20-11-8-14-4-6-15(25-2)7-5-14/h4-7,9-10,12,18,22H,1,8,11H2,2-3H3,(H,20,24)(H,19,21,23). The number of nitrogens with one attached hydrogen (secondary N) is 3. The van der Waals surface area contributed by atoms with Crippen LogP contribution in [0.25, 0.3) is 0 Å². The lowest BCUT2D eigenvalue weighted by molar-refractivity contribution is -0.117. The smallest absolute Gasteiger partial charge is 0.266 e. The number of rotatable bonds is 10. The Bertz CT molecular complexity index is 709. The molecule has 1 heterocycles. The van der Waals surface area contributed by atoms with E-state index >= 15 is 0 Å². The Morgan fingerprint density at radius 3 is 2.69 bits per heavy atom. The fourth-order valence-electron chi connectivity index (χ4n) is 2.11. The Morgan fingerprint density at radius 2 is 2.08 bits per heavy atom. The van der Waals surface area contributed by atoms with E-state index in [0.717, 1.165) is 17.7 Å². The molecule has 0 saturated heterocycles. The first kappa shape index (κ1) is 19.6. The molecule has 1 aromatic carbocycles. The highest BCUT2D eigenvalue weighted by atomic mass is 32.2. The van der Waals surface area contributed by atoms with Crippen LogP contribution in [0.1, 0.15) is 5.56 Å². The van der Waals surface area contributed by atoms with Gasteiger partial charge in [0.2, 0.25) is 0 Å². The third-order valence-electron chi connectivity index (χ3n) is 3.53. The summed E-state index contributed by atoms with van der Waals surface area (Å²) in [5, 5.41) is 9.06. The molecule has 138 valence electrons. The third-order valence-corrected chi connectivity index (χ3v) is 4.24. The number of aromatic nitrogens is 2. The van der Waals surface area contributed by atoms with Crippen LogP contribution in [0.5, 0.6) is 5.75 Å². The van der Waals surface area contributed by atoms with Crippen molar-refractivity contribution in [2.75, 3.05) is 25.2 Å². The Hall–Kier alpha value is -2.74. The minimum Gasteiger partial charge on any atom is -0.497 e. The molecule has 2 aromatic rings. The molecule has 0 bridgehead atoms. The first-order chi connectivity index (χ1) is 12.6. The van der Waals surface area contributed by atoms with Crippen molar-refractivity contribution in [3.05, 3.63) is 60.7 Å². The van der Waals surface area contributed by atoms with Crippen LogP contribution in [0.2, 0.25) is 0 Å². The second-order valence-electron chi connectivity index (χ2n) is 5.33. The number of amides is 1. The highest BCUT2D eigenvalue weighted by Crippen LogP contribution is 2.12. The molecule has 0 aliphatic carbocycles. The summed E-state index contributed by atoms with van der Waals surface area (Å²) in [6.07, 6.45) is 5.75. The summed E-state index contributed by atoms with van der Waals surface area (Å²) in [6.45, 7) is 4.33. The fraction of sp³-hybridized carbons (Fsp3) is 0.278. The Labute approximate surface area is 157 Å². The number of carbonyl (C=O) groups is 1. The Balaban J connectivity index is 1.75. The number of thioether (sulfide) groups is 1. The third kappa shape index (κ3) is 6.29. The van der Waals surface area contributed by atoms with Crippen molar-refractivity contribution in [1.82, 2.24) is 20.6 Å². The van der Waals surface area contributed by atoms with Crippen LogP contribution < -0.4 is 20.7 Å². The van der Waals surface area contributed by atoms with Crippen LogP contribution in [0.15, 0.2) is 55.1 Å². The molecule has 26 heavy (non-hydrogen) atoms. The van der Waals surface area contributed by atoms with E-state index in [4.69, 9.17) is 4.74 Å². The Morgan fingerprint density at radius 1 is 1.31 bits per heavy atom. The molecule has 0 aliphatic heterocycles. The van der Waals surface area contributed by atoms with Gasteiger partial charge in [-0.15, -0.1) is 11.8 Å². The summed E-state index contributed by atoms with van der Waals surface area (Å²) in [4.78, 5) is 20.2. The van der Waals surface area contributed by atoms with Crippen LogP contribution in [0, 0.1) is 0 Å². The minimum absolute atomic E-state index is 0.232. The second-order valence-corrected chi connectivity index (χ2v) is 6.27. The van der Waals surface area contributed by atoms with Crippen molar-refractivity contribution in [3.63, 3.8) is 0 Å². The molecule has 1 aromatic heterocycles. The molecule has 3 N–H and O–H groups in total. The lowest BCUT2D eigenvalue weighted by atomic mass is 10.1. The van der Waals surface area contributed by atoms with Gasteiger partial charge in [0, 0.05) is 12.7 Å². The van der Waals surface area contributed by atoms with Crippen molar-refractivity contribution in [3.8, 4) is 5.75 Å². The van der Waals surface area contributed by atoms with E-state index in [9.17, 15) is 4.79 Å². The van der Waals surface area contributed by atoms with Gasteiger partial charge in [-0.3, -0.25) is 4.79 Å². The van der Waals surface area contributed by atoms with Gasteiger partial charge in [0.15, 0.2) is 0 Å². The zero-order chi connectivity index (χ0) is 18.8. The number of nitrogens with zero attached hydrogens (tertiary/aromatic N) is 2. The number of ether oxygens (including phenoxy) is 1. The van der Waals surface area contributed by atoms with Crippen molar-refractivity contribution < 1.29 is 9.53 Å². The molecular weight excluding hydrogens is 350 g/mol. The molecule has 0 saturated carbocycles. The molecule has 8 heteroatoms. The van der Waals surface area contributed by atoms with Crippen LogP contribution >= 0.6 is 11.8 Å². The monoisotopic (exact) mass is 373 g/mol. The number of benzene rings is 1. The largest absolute Gasteiger partial charge is 0.497 e. The van der Waals surface area contributed by atoms with Gasteiger partial charge in [-0.2, -0.15) is 0 Å². The molecule has 7 nitrogen and oxygen atoms in total. The van der Waals surface area contributed by atoms with E-state index in [0.29, 0.717) is 18.1 Å². The van der Waals surface area contributed by atoms with Gasteiger partial charge in [-0.05, 0) is 36.4 Å². The number of hydrogen-bond acceptors (Lipinski definition) is 7. The van der Waals surface area contributed by atoms with Gasteiger partial charge >= 0.3 is 0 Å². The lowest BCUT2D eigenvalue weighted by Gasteiger charge is -2.20. The fourth-order valence-corrected chi connectivity index (χ4v) is 2.61. The van der Waals surface area contributed by atoms with Gasteiger partial charge in [-0.1, -0.05) is 18.7 Å². The molecular formula is C18H23N5O2S. The SMILES string of the molecule is C=C(NC(Nc1ccncn1)SC)C(=O)NCCc1ccc(OC)cc1. The molecule has 0 aliphatic rings. The average Bonchev–Trinajstić information content (AvgIpc) is 2.68. The lowest BCUT2D eigenvalue weighted by Crippen LogP contribution is -2.39. The second kappa shape index (κ2) is 10.3. The van der Waals surface area contributed by atoms with Gasteiger partial charge in [0.05, 0.1) is 12.8 Å². The van der Waals surface area contributed by atoms with Crippen molar-refractivity contribution >= 4 is 23.5 Å². The Kier molecular flexibility index (Phi) is 7.75. The summed E-state index contributed by atoms with van der Waals surface area (Å²) in [7, 11) is 1.63. The van der Waals surface area contributed by atoms with Crippen molar-refractivity contribution in [2.45, 2.75) is 11.9 Å². The number of methoxy groups -OCH3 is 1. The van der Waals surface area contributed by atoms with E-state index in [2.05, 4.69) is 32.5 Å². The zero-order valence-electron chi connectivity index (χ0n) is 14.9. The van der Waals surface area contributed by atoms with Gasteiger partial charge in [0.25, 0.3) is 5.91 Å². The summed E-state index contributed by atoms with van der Waals surface area (Å²) in [5.41, 5.74) is 1.18. The normalized spacial score (nSPS) is 11.3. The molecule has 1 unspecified atom stereocenters. The van der Waals surface area contributed by atoms with Crippen LogP contribution in [0.4, 0.5) is 5.82 Å². The molecule has 1 amide bonds. The van der Waals surface area contributed by atoms with E-state index in [1.165, 1.54) is 18.1 Å². The summed E-state index contributed by atoms with van der Waals surface area (Å²) < 4.78 is 5.13. The van der Waals surface area contributed by atoms with Gasteiger partial charge < -0.3 is 20.7 Å². The molecule has 0 fully saturated rings. The maximum absolute atomic E-state index is 12.2. The summed E-state index contributed by atoms with van der Waals surface area (Å²) >= 11 is 1.50. The predicted molar refractivity (Wildman–Crippen MR) is 105 cm³/mol. The van der Waals surface area contributed by atoms with Gasteiger partial charge in [0.1, 0.15) is 23.4 Å². The maximum Gasteiger partial charge on any atom is 0.266 e. The van der Waals surface area contributed by atoms with Crippen molar-refractivity contribution in [2.24, 2.45) is 0 Å². The quantitative estimate of drug-likeness (QED) is 0.434. The molecule has 2 rings (SSSR count). The topological polar surface area (TPSA) is 88.2 Å².